The molecule has 1 aromatic rings. The lowest BCUT2D eigenvalue weighted by Gasteiger charge is -2.22. The summed E-state index contributed by atoms with van der Waals surface area (Å²) in [6, 6.07) is 2.07. The van der Waals surface area contributed by atoms with Crippen LogP contribution in [0.5, 0.6) is 0 Å². The molecule has 3 unspecified atom stereocenters. The van der Waals surface area contributed by atoms with Gasteiger partial charge in [-0.3, -0.25) is 0 Å². The number of nitrogens with one attached hydrogen (secondary N) is 2. The van der Waals surface area contributed by atoms with Gasteiger partial charge in [-0.1, -0.05) is 6.42 Å². The van der Waals surface area contributed by atoms with Gasteiger partial charge in [0.25, 0.3) is 0 Å². The average Bonchev–Trinajstić information content (AvgIpc) is 3.14. The maximum Gasteiger partial charge on any atom is 0.136 e. The van der Waals surface area contributed by atoms with Crippen LogP contribution in [-0.4, -0.2) is 23.1 Å². The highest BCUT2D eigenvalue weighted by molar-refractivity contribution is 5.48. The lowest BCUT2D eigenvalue weighted by atomic mass is 9.89. The van der Waals surface area contributed by atoms with Crippen molar-refractivity contribution in [3.05, 3.63) is 11.9 Å². The van der Waals surface area contributed by atoms with Crippen LogP contribution in [0.2, 0.25) is 0 Å². The second kappa shape index (κ2) is 5.47. The molecular weight excluding hydrogens is 260 g/mol. The van der Waals surface area contributed by atoms with E-state index in [9.17, 15) is 0 Å². The molecule has 4 heteroatoms. The SMILES string of the molecule is CCNc1cc(NCC2CC3CCC2C3)nc(C2CC2)n1. The van der Waals surface area contributed by atoms with Crippen LogP contribution in [0.25, 0.3) is 0 Å². The monoisotopic (exact) mass is 286 g/mol. The molecule has 4 nitrogen and oxygen atoms in total. The molecule has 2 N–H and O–H groups in total. The number of nitrogens with zero attached hydrogens (tertiary/aromatic N) is 2. The third-order valence-corrected chi connectivity index (χ3v) is 5.47. The summed E-state index contributed by atoms with van der Waals surface area (Å²) >= 11 is 0. The molecule has 3 aliphatic rings. The molecule has 3 saturated carbocycles. The molecule has 21 heavy (non-hydrogen) atoms. The zero-order valence-electron chi connectivity index (χ0n) is 12.9. The van der Waals surface area contributed by atoms with E-state index in [0.717, 1.165) is 48.3 Å². The van der Waals surface area contributed by atoms with Crippen molar-refractivity contribution in [3.63, 3.8) is 0 Å². The largest absolute Gasteiger partial charge is 0.370 e. The second-order valence-electron chi connectivity index (χ2n) is 7.12. The van der Waals surface area contributed by atoms with E-state index in [4.69, 9.17) is 4.98 Å². The van der Waals surface area contributed by atoms with Crippen LogP contribution in [0.1, 0.15) is 57.2 Å². The Balaban J connectivity index is 1.43. The fourth-order valence-electron chi connectivity index (χ4n) is 4.21. The fourth-order valence-corrected chi connectivity index (χ4v) is 4.21. The first kappa shape index (κ1) is 13.4. The van der Waals surface area contributed by atoms with Crippen LogP contribution in [0.15, 0.2) is 6.07 Å². The molecule has 0 aromatic carbocycles. The molecule has 2 bridgehead atoms. The topological polar surface area (TPSA) is 49.8 Å². The third-order valence-electron chi connectivity index (χ3n) is 5.47. The average molecular weight is 286 g/mol. The lowest BCUT2D eigenvalue weighted by molar-refractivity contribution is 0.348. The van der Waals surface area contributed by atoms with Gasteiger partial charge >= 0.3 is 0 Å². The molecule has 3 fully saturated rings. The number of hydrogen-bond donors (Lipinski definition) is 2. The van der Waals surface area contributed by atoms with E-state index in [0.29, 0.717) is 5.92 Å². The number of hydrogen-bond acceptors (Lipinski definition) is 4. The van der Waals surface area contributed by atoms with Crippen molar-refractivity contribution < 1.29 is 0 Å². The second-order valence-corrected chi connectivity index (χ2v) is 7.12. The quantitative estimate of drug-likeness (QED) is 0.838. The van der Waals surface area contributed by atoms with Gasteiger partial charge < -0.3 is 10.6 Å². The standard InChI is InChI=1S/C17H26N4/c1-2-18-15-9-16(21-17(20-15)12-5-6-12)19-10-14-8-11-3-4-13(14)7-11/h9,11-14H,2-8,10H2,1H3,(H2,18,19,20,21). The Morgan fingerprint density at radius 3 is 2.48 bits per heavy atom. The number of rotatable bonds is 6. The van der Waals surface area contributed by atoms with Crippen molar-refractivity contribution in [1.82, 2.24) is 9.97 Å². The Morgan fingerprint density at radius 2 is 1.86 bits per heavy atom. The Labute approximate surface area is 127 Å². The van der Waals surface area contributed by atoms with E-state index in [1.165, 1.54) is 38.5 Å². The minimum atomic E-state index is 0.603. The van der Waals surface area contributed by atoms with Gasteiger partial charge in [0, 0.05) is 25.1 Å². The van der Waals surface area contributed by atoms with Crippen LogP contribution in [0, 0.1) is 17.8 Å². The fraction of sp³-hybridized carbons (Fsp3) is 0.765. The van der Waals surface area contributed by atoms with Gasteiger partial charge in [0.1, 0.15) is 17.5 Å². The highest BCUT2D eigenvalue weighted by atomic mass is 15.1. The van der Waals surface area contributed by atoms with E-state index in [2.05, 4.69) is 28.6 Å². The lowest BCUT2D eigenvalue weighted by Crippen LogP contribution is -2.21. The first-order chi connectivity index (χ1) is 10.3. The number of anilines is 2. The van der Waals surface area contributed by atoms with Gasteiger partial charge in [-0.25, -0.2) is 9.97 Å². The van der Waals surface area contributed by atoms with Gasteiger partial charge in [-0.05, 0) is 56.8 Å². The molecule has 0 aliphatic heterocycles. The van der Waals surface area contributed by atoms with E-state index < -0.39 is 0 Å². The zero-order chi connectivity index (χ0) is 14.2. The summed E-state index contributed by atoms with van der Waals surface area (Å²) < 4.78 is 0. The molecular formula is C17H26N4. The summed E-state index contributed by atoms with van der Waals surface area (Å²) in [6.07, 6.45) is 8.34. The van der Waals surface area contributed by atoms with Crippen LogP contribution in [0.3, 0.4) is 0 Å². The summed E-state index contributed by atoms with van der Waals surface area (Å²) in [6.45, 7) is 4.11. The van der Waals surface area contributed by atoms with E-state index >= 15 is 0 Å². The van der Waals surface area contributed by atoms with Crippen molar-refractivity contribution in [2.75, 3.05) is 23.7 Å². The molecule has 0 amide bonds. The zero-order valence-corrected chi connectivity index (χ0v) is 12.9. The minimum absolute atomic E-state index is 0.603. The highest BCUT2D eigenvalue weighted by Gasteiger charge is 2.39. The van der Waals surface area contributed by atoms with E-state index in [1.807, 2.05) is 0 Å². The van der Waals surface area contributed by atoms with Crippen molar-refractivity contribution in [1.29, 1.82) is 0 Å². The van der Waals surface area contributed by atoms with Crippen molar-refractivity contribution >= 4 is 11.6 Å². The Kier molecular flexibility index (Phi) is 3.48. The van der Waals surface area contributed by atoms with Crippen molar-refractivity contribution in [2.24, 2.45) is 17.8 Å². The Bertz CT molecular complexity index is 512. The van der Waals surface area contributed by atoms with Crippen LogP contribution < -0.4 is 10.6 Å². The maximum atomic E-state index is 4.74. The molecule has 1 aromatic heterocycles. The Hall–Kier alpha value is -1.32. The molecule has 1 heterocycles. The number of fused-ring (bicyclic) bond motifs is 2. The number of aromatic nitrogens is 2. The Morgan fingerprint density at radius 1 is 1.05 bits per heavy atom. The van der Waals surface area contributed by atoms with Crippen molar-refractivity contribution in [2.45, 2.75) is 51.4 Å². The molecule has 4 rings (SSSR count). The van der Waals surface area contributed by atoms with Crippen molar-refractivity contribution in [3.8, 4) is 0 Å². The molecule has 0 radical (unpaired) electrons. The van der Waals surface area contributed by atoms with Gasteiger partial charge in [-0.2, -0.15) is 0 Å². The summed E-state index contributed by atoms with van der Waals surface area (Å²) in [4.78, 5) is 9.38. The molecule has 0 spiro atoms. The molecule has 114 valence electrons. The minimum Gasteiger partial charge on any atom is -0.370 e. The summed E-state index contributed by atoms with van der Waals surface area (Å²) in [5, 5.41) is 6.94. The predicted molar refractivity (Wildman–Crippen MR) is 85.6 cm³/mol. The molecule has 3 atom stereocenters. The summed E-state index contributed by atoms with van der Waals surface area (Å²) in [5.74, 6) is 6.49. The van der Waals surface area contributed by atoms with Crippen LogP contribution >= 0.6 is 0 Å². The van der Waals surface area contributed by atoms with E-state index in [-0.39, 0.29) is 0 Å². The highest BCUT2D eigenvalue weighted by Crippen LogP contribution is 2.48. The first-order valence-corrected chi connectivity index (χ1v) is 8.68. The molecule has 0 saturated heterocycles. The summed E-state index contributed by atoms with van der Waals surface area (Å²) in [7, 11) is 0. The van der Waals surface area contributed by atoms with Crippen LogP contribution in [-0.2, 0) is 0 Å². The summed E-state index contributed by atoms with van der Waals surface area (Å²) in [5.41, 5.74) is 0. The van der Waals surface area contributed by atoms with Crippen LogP contribution in [0.4, 0.5) is 11.6 Å². The van der Waals surface area contributed by atoms with Gasteiger partial charge in [0.15, 0.2) is 0 Å². The van der Waals surface area contributed by atoms with Gasteiger partial charge in [-0.15, -0.1) is 0 Å². The normalized spacial score (nSPS) is 30.6. The van der Waals surface area contributed by atoms with Gasteiger partial charge in [0.05, 0.1) is 0 Å². The van der Waals surface area contributed by atoms with E-state index in [1.54, 1.807) is 0 Å². The molecule has 3 aliphatic carbocycles. The first-order valence-electron chi connectivity index (χ1n) is 8.68. The third kappa shape index (κ3) is 2.85. The smallest absolute Gasteiger partial charge is 0.136 e. The maximum absolute atomic E-state index is 4.74. The van der Waals surface area contributed by atoms with Gasteiger partial charge in [0.2, 0.25) is 0 Å². The predicted octanol–water partition coefficient (Wildman–Crippen LogP) is 3.63.